The predicted molar refractivity (Wildman–Crippen MR) is 92.2 cm³/mol. The smallest absolute Gasteiger partial charge is 0.291 e. The van der Waals surface area contributed by atoms with E-state index in [0.29, 0.717) is 29.4 Å². The monoisotopic (exact) mass is 338 g/mol. The van der Waals surface area contributed by atoms with E-state index in [1.165, 1.54) is 0 Å². The molecule has 0 radical (unpaired) electrons. The molecule has 2 heterocycles. The average molecular weight is 338 g/mol. The quantitative estimate of drug-likeness (QED) is 0.748. The number of carbonyl (C=O) groups is 2. The number of rotatable bonds is 5. The minimum atomic E-state index is -0.331. The molecule has 3 rings (SSSR count). The van der Waals surface area contributed by atoms with Crippen molar-refractivity contribution in [1.82, 2.24) is 14.9 Å². The van der Waals surface area contributed by atoms with Gasteiger partial charge in [0.2, 0.25) is 0 Å². The van der Waals surface area contributed by atoms with Crippen LogP contribution < -0.4 is 5.32 Å². The summed E-state index contributed by atoms with van der Waals surface area (Å²) in [4.78, 5) is 33.1. The van der Waals surface area contributed by atoms with Gasteiger partial charge in [0, 0.05) is 30.7 Å². The van der Waals surface area contributed by atoms with E-state index < -0.39 is 0 Å². The summed E-state index contributed by atoms with van der Waals surface area (Å²) in [6.45, 7) is 2.17. The van der Waals surface area contributed by atoms with Crippen LogP contribution in [-0.4, -0.2) is 33.7 Å². The van der Waals surface area contributed by atoms with Gasteiger partial charge in [0.05, 0.1) is 6.54 Å². The summed E-state index contributed by atoms with van der Waals surface area (Å²) in [5, 5.41) is 2.73. The maximum absolute atomic E-state index is 12.4. The Balaban J connectivity index is 1.63. The number of aromatic amines is 1. The number of furan rings is 1. The van der Waals surface area contributed by atoms with Gasteiger partial charge in [-0.1, -0.05) is 0 Å². The van der Waals surface area contributed by atoms with Crippen molar-refractivity contribution in [3.05, 3.63) is 71.7 Å². The molecule has 0 atom stereocenters. The lowest BCUT2D eigenvalue weighted by Crippen LogP contribution is -2.26. The summed E-state index contributed by atoms with van der Waals surface area (Å²) >= 11 is 0. The van der Waals surface area contributed by atoms with Gasteiger partial charge >= 0.3 is 0 Å². The van der Waals surface area contributed by atoms with Crippen molar-refractivity contribution >= 4 is 17.5 Å². The minimum Gasteiger partial charge on any atom is -0.456 e. The van der Waals surface area contributed by atoms with Crippen LogP contribution in [0.5, 0.6) is 0 Å². The molecule has 2 N–H and O–H groups in total. The van der Waals surface area contributed by atoms with Crippen LogP contribution in [0.15, 0.2) is 53.2 Å². The molecule has 7 heteroatoms. The van der Waals surface area contributed by atoms with E-state index in [9.17, 15) is 9.59 Å². The van der Waals surface area contributed by atoms with Crippen LogP contribution in [-0.2, 0) is 6.54 Å². The van der Waals surface area contributed by atoms with E-state index in [1.54, 1.807) is 67.7 Å². The molecule has 0 saturated heterocycles. The Morgan fingerprint density at radius 2 is 1.96 bits per heavy atom. The maximum Gasteiger partial charge on any atom is 0.291 e. The number of H-pyrrole nitrogens is 1. The second kappa shape index (κ2) is 7.04. The Hall–Kier alpha value is -3.35. The highest BCUT2D eigenvalue weighted by Crippen LogP contribution is 2.14. The number of aromatic nitrogens is 2. The first-order valence-corrected chi connectivity index (χ1v) is 7.74. The molecule has 7 nitrogen and oxygen atoms in total. The van der Waals surface area contributed by atoms with Crippen molar-refractivity contribution in [3.8, 4) is 0 Å². The van der Waals surface area contributed by atoms with Crippen molar-refractivity contribution < 1.29 is 14.0 Å². The normalized spacial score (nSPS) is 10.5. The number of amides is 2. The van der Waals surface area contributed by atoms with E-state index in [4.69, 9.17) is 4.42 Å². The number of imidazole rings is 1. The molecule has 0 saturated carbocycles. The minimum absolute atomic E-state index is 0.129. The van der Waals surface area contributed by atoms with Gasteiger partial charge in [-0.15, -0.1) is 0 Å². The molecule has 0 spiro atoms. The third-order valence-electron chi connectivity index (χ3n) is 3.64. The van der Waals surface area contributed by atoms with Crippen LogP contribution in [0.1, 0.15) is 32.5 Å². The topological polar surface area (TPSA) is 91.2 Å². The van der Waals surface area contributed by atoms with Gasteiger partial charge in [-0.25, -0.2) is 4.98 Å². The van der Waals surface area contributed by atoms with Gasteiger partial charge in [0.25, 0.3) is 11.8 Å². The highest BCUT2D eigenvalue weighted by Gasteiger charge is 2.14. The molecule has 0 aliphatic rings. The number of nitrogens with zero attached hydrogens (tertiary/aromatic N) is 2. The lowest BCUT2D eigenvalue weighted by Gasteiger charge is -2.16. The standard InChI is InChI=1S/C18H18N4O3/c1-12-3-8-15(25-12)17(23)21-14-6-4-13(5-7-14)18(24)22(2)11-16-19-9-10-20-16/h3-10H,11H2,1-2H3,(H,19,20)(H,21,23). The zero-order chi connectivity index (χ0) is 17.8. The van der Waals surface area contributed by atoms with E-state index in [2.05, 4.69) is 15.3 Å². The van der Waals surface area contributed by atoms with Crippen molar-refractivity contribution in [3.63, 3.8) is 0 Å². The Labute approximate surface area is 144 Å². The number of nitrogens with one attached hydrogen (secondary N) is 2. The molecule has 0 aliphatic heterocycles. The molecule has 25 heavy (non-hydrogen) atoms. The molecular formula is C18H18N4O3. The molecule has 0 aliphatic carbocycles. The average Bonchev–Trinajstić information content (AvgIpc) is 3.26. The molecule has 2 aromatic heterocycles. The van der Waals surface area contributed by atoms with Gasteiger partial charge < -0.3 is 19.6 Å². The largest absolute Gasteiger partial charge is 0.456 e. The van der Waals surface area contributed by atoms with E-state index in [0.717, 1.165) is 0 Å². The Morgan fingerprint density at radius 3 is 2.56 bits per heavy atom. The van der Waals surface area contributed by atoms with Gasteiger partial charge in [0.1, 0.15) is 11.6 Å². The summed E-state index contributed by atoms with van der Waals surface area (Å²) in [5.74, 6) is 1.17. The second-order valence-electron chi connectivity index (χ2n) is 5.64. The lowest BCUT2D eigenvalue weighted by molar-refractivity contribution is 0.0781. The van der Waals surface area contributed by atoms with Crippen LogP contribution in [0, 0.1) is 6.92 Å². The predicted octanol–water partition coefficient (Wildman–Crippen LogP) is 2.84. The fraction of sp³-hybridized carbons (Fsp3) is 0.167. The third kappa shape index (κ3) is 3.95. The Kier molecular flexibility index (Phi) is 4.65. The van der Waals surface area contributed by atoms with Crippen LogP contribution in [0.4, 0.5) is 5.69 Å². The van der Waals surface area contributed by atoms with Gasteiger partial charge in [-0.05, 0) is 43.3 Å². The fourth-order valence-electron chi connectivity index (χ4n) is 2.35. The summed E-state index contributed by atoms with van der Waals surface area (Å²) < 4.78 is 5.28. The molecule has 2 amide bonds. The Bertz CT molecular complexity index is 866. The molecule has 1 aromatic carbocycles. The molecule has 0 fully saturated rings. The number of aryl methyl sites for hydroxylation is 1. The molecular weight excluding hydrogens is 320 g/mol. The molecule has 128 valence electrons. The zero-order valence-electron chi connectivity index (χ0n) is 13.9. The molecule has 3 aromatic rings. The highest BCUT2D eigenvalue weighted by atomic mass is 16.3. The van der Waals surface area contributed by atoms with Crippen molar-refractivity contribution in [2.24, 2.45) is 0 Å². The lowest BCUT2D eigenvalue weighted by atomic mass is 10.2. The number of hydrogen-bond donors (Lipinski definition) is 2. The van der Waals surface area contributed by atoms with Crippen LogP contribution in [0.25, 0.3) is 0 Å². The second-order valence-corrected chi connectivity index (χ2v) is 5.64. The first kappa shape index (κ1) is 16.5. The summed E-state index contributed by atoms with van der Waals surface area (Å²) in [7, 11) is 1.71. The van der Waals surface area contributed by atoms with Crippen LogP contribution in [0.3, 0.4) is 0 Å². The number of carbonyl (C=O) groups excluding carboxylic acids is 2. The summed E-state index contributed by atoms with van der Waals surface area (Å²) in [5.41, 5.74) is 1.12. The first-order chi connectivity index (χ1) is 12.0. The number of benzene rings is 1. The van der Waals surface area contributed by atoms with Gasteiger partial charge in [0.15, 0.2) is 5.76 Å². The van der Waals surface area contributed by atoms with Crippen molar-refractivity contribution in [2.45, 2.75) is 13.5 Å². The van der Waals surface area contributed by atoms with Crippen LogP contribution >= 0.6 is 0 Å². The summed E-state index contributed by atoms with van der Waals surface area (Å²) in [6, 6.07) is 10.1. The van der Waals surface area contributed by atoms with E-state index >= 15 is 0 Å². The van der Waals surface area contributed by atoms with Gasteiger partial charge in [-0.2, -0.15) is 0 Å². The van der Waals surface area contributed by atoms with Crippen molar-refractivity contribution in [2.75, 3.05) is 12.4 Å². The van der Waals surface area contributed by atoms with Gasteiger partial charge in [-0.3, -0.25) is 9.59 Å². The Morgan fingerprint density at radius 1 is 1.20 bits per heavy atom. The third-order valence-corrected chi connectivity index (χ3v) is 3.64. The first-order valence-electron chi connectivity index (χ1n) is 7.74. The SMILES string of the molecule is Cc1ccc(C(=O)Nc2ccc(C(=O)N(C)Cc3ncc[nH]3)cc2)o1. The molecule has 0 unspecified atom stereocenters. The zero-order valence-corrected chi connectivity index (χ0v) is 13.9. The summed E-state index contributed by atoms with van der Waals surface area (Å²) in [6.07, 6.45) is 3.36. The number of hydrogen-bond acceptors (Lipinski definition) is 4. The maximum atomic E-state index is 12.4. The fourth-order valence-corrected chi connectivity index (χ4v) is 2.35. The van der Waals surface area contributed by atoms with E-state index in [1.807, 2.05) is 0 Å². The molecule has 0 bridgehead atoms. The van der Waals surface area contributed by atoms with Crippen LogP contribution in [0.2, 0.25) is 0 Å². The van der Waals surface area contributed by atoms with E-state index in [-0.39, 0.29) is 17.6 Å². The van der Waals surface area contributed by atoms with Crippen molar-refractivity contribution in [1.29, 1.82) is 0 Å². The highest BCUT2D eigenvalue weighted by molar-refractivity contribution is 6.02. The number of anilines is 1.